The summed E-state index contributed by atoms with van der Waals surface area (Å²) in [6.07, 6.45) is 0. The molecular formula is C48H38N2. The van der Waals surface area contributed by atoms with Gasteiger partial charge < -0.3 is 9.80 Å². The molecular weight excluding hydrogens is 605 g/mol. The van der Waals surface area contributed by atoms with Crippen molar-refractivity contribution in [3.05, 3.63) is 180 Å². The Hall–Kier alpha value is -6.12. The van der Waals surface area contributed by atoms with Crippen LogP contribution in [-0.4, -0.2) is 0 Å². The monoisotopic (exact) mass is 642 g/mol. The van der Waals surface area contributed by atoms with Gasteiger partial charge in [-0.3, -0.25) is 0 Å². The fraction of sp³-hybridized carbons (Fsp3) is 0.0833. The minimum atomic E-state index is 1.15. The van der Waals surface area contributed by atoms with Crippen molar-refractivity contribution >= 4 is 55.7 Å². The molecule has 50 heavy (non-hydrogen) atoms. The molecule has 0 aromatic heterocycles. The van der Waals surface area contributed by atoms with Gasteiger partial charge in [0.1, 0.15) is 0 Å². The van der Waals surface area contributed by atoms with Crippen LogP contribution in [0.5, 0.6) is 0 Å². The number of benzene rings is 8. The Morgan fingerprint density at radius 2 is 0.600 bits per heavy atom. The van der Waals surface area contributed by atoms with E-state index in [0.717, 1.165) is 22.7 Å². The average Bonchev–Trinajstić information content (AvgIpc) is 3.10. The van der Waals surface area contributed by atoms with Gasteiger partial charge in [-0.05, 0) is 191 Å². The van der Waals surface area contributed by atoms with E-state index in [9.17, 15) is 0 Å². The third-order valence-electron chi connectivity index (χ3n) is 9.98. The summed E-state index contributed by atoms with van der Waals surface area (Å²) in [6.45, 7) is 8.69. The van der Waals surface area contributed by atoms with Gasteiger partial charge in [-0.25, -0.2) is 0 Å². The first kappa shape index (κ1) is 30.0. The summed E-state index contributed by atoms with van der Waals surface area (Å²) >= 11 is 0. The first-order valence-electron chi connectivity index (χ1n) is 17.4. The van der Waals surface area contributed by atoms with E-state index in [-0.39, 0.29) is 0 Å². The first-order chi connectivity index (χ1) is 24.4. The predicted octanol–water partition coefficient (Wildman–Crippen LogP) is 13.8. The average molecular weight is 643 g/mol. The summed E-state index contributed by atoms with van der Waals surface area (Å²) in [5.41, 5.74) is 17.3. The van der Waals surface area contributed by atoms with E-state index in [1.165, 1.54) is 77.4 Å². The lowest BCUT2D eigenvalue weighted by atomic mass is 9.78. The van der Waals surface area contributed by atoms with Crippen molar-refractivity contribution in [2.75, 3.05) is 9.80 Å². The largest absolute Gasteiger partial charge is 0.310 e. The fourth-order valence-electron chi connectivity index (χ4n) is 7.89. The lowest BCUT2D eigenvalue weighted by Crippen LogP contribution is -2.10. The summed E-state index contributed by atoms with van der Waals surface area (Å²) in [5.74, 6) is 0. The Morgan fingerprint density at radius 1 is 0.260 bits per heavy atom. The van der Waals surface area contributed by atoms with Gasteiger partial charge >= 0.3 is 0 Å². The number of para-hydroxylation sites is 2. The molecule has 1 aliphatic rings. The number of rotatable bonds is 6. The van der Waals surface area contributed by atoms with Gasteiger partial charge in [-0.15, -0.1) is 0 Å². The number of fused-ring (bicyclic) bond motifs is 6. The lowest BCUT2D eigenvalue weighted by Gasteiger charge is -2.29. The van der Waals surface area contributed by atoms with Crippen molar-refractivity contribution in [2.24, 2.45) is 0 Å². The predicted molar refractivity (Wildman–Crippen MR) is 214 cm³/mol. The van der Waals surface area contributed by atoms with Crippen LogP contribution in [0.25, 0.3) is 43.8 Å². The van der Waals surface area contributed by atoms with E-state index < -0.39 is 0 Å². The number of hydrogen-bond acceptors (Lipinski definition) is 2. The second-order valence-corrected chi connectivity index (χ2v) is 13.9. The van der Waals surface area contributed by atoms with Crippen LogP contribution in [0.1, 0.15) is 22.3 Å². The zero-order valence-corrected chi connectivity index (χ0v) is 28.9. The molecule has 240 valence electrons. The molecule has 0 heterocycles. The molecule has 0 unspecified atom stereocenters. The van der Waals surface area contributed by atoms with Crippen LogP contribution in [0.4, 0.5) is 34.1 Å². The maximum Gasteiger partial charge on any atom is 0.0468 e. The zero-order chi connectivity index (χ0) is 33.9. The van der Waals surface area contributed by atoms with Gasteiger partial charge in [0.2, 0.25) is 0 Å². The van der Waals surface area contributed by atoms with Crippen LogP contribution in [0.2, 0.25) is 0 Å². The molecule has 9 rings (SSSR count). The molecule has 2 nitrogen and oxygen atoms in total. The number of aryl methyl sites for hydroxylation is 4. The van der Waals surface area contributed by atoms with Crippen LogP contribution < -0.4 is 9.80 Å². The van der Waals surface area contributed by atoms with Gasteiger partial charge in [0.25, 0.3) is 0 Å². The van der Waals surface area contributed by atoms with Crippen LogP contribution in [-0.2, 0) is 0 Å². The fourth-order valence-corrected chi connectivity index (χ4v) is 7.89. The third-order valence-corrected chi connectivity index (χ3v) is 9.98. The molecule has 0 fully saturated rings. The standard InChI is InChI=1S/C48H38N2/c1-31-19-32(2)22-43(21-31)49(39-11-7-5-8-12-39)41-17-15-35-27-45-46-28-36-16-18-42(26-38(36)30-48(46)47(45)29-37(35)25-41)50(40-13-9-6-10-14-40)44-23-33(3)20-34(4)24-44/h5-30H,1-4H3. The van der Waals surface area contributed by atoms with Crippen LogP contribution in [0, 0.1) is 27.7 Å². The Labute approximate surface area is 294 Å². The van der Waals surface area contributed by atoms with Crippen molar-refractivity contribution in [3.63, 3.8) is 0 Å². The molecule has 1 aliphatic carbocycles. The molecule has 8 aromatic carbocycles. The van der Waals surface area contributed by atoms with E-state index >= 15 is 0 Å². The summed E-state index contributed by atoms with van der Waals surface area (Å²) in [6, 6.07) is 58.2. The number of nitrogens with zero attached hydrogens (tertiary/aromatic N) is 2. The molecule has 0 amide bonds. The Bertz CT molecular complexity index is 2360. The quantitative estimate of drug-likeness (QED) is 0.178. The van der Waals surface area contributed by atoms with Crippen molar-refractivity contribution in [1.82, 2.24) is 0 Å². The van der Waals surface area contributed by atoms with Gasteiger partial charge in [-0.1, -0.05) is 60.7 Å². The zero-order valence-electron chi connectivity index (χ0n) is 28.9. The molecule has 0 bridgehead atoms. The first-order valence-corrected chi connectivity index (χ1v) is 17.4. The second kappa shape index (κ2) is 11.8. The number of anilines is 6. The van der Waals surface area contributed by atoms with Gasteiger partial charge in [0.15, 0.2) is 0 Å². The molecule has 0 saturated heterocycles. The van der Waals surface area contributed by atoms with E-state index in [1.54, 1.807) is 0 Å². The van der Waals surface area contributed by atoms with Crippen molar-refractivity contribution in [2.45, 2.75) is 27.7 Å². The highest BCUT2D eigenvalue weighted by atomic mass is 15.1. The van der Waals surface area contributed by atoms with E-state index in [2.05, 4.69) is 195 Å². The topological polar surface area (TPSA) is 6.48 Å². The number of hydrogen-bond donors (Lipinski definition) is 0. The van der Waals surface area contributed by atoms with Gasteiger partial charge in [0.05, 0.1) is 0 Å². The Morgan fingerprint density at radius 3 is 0.960 bits per heavy atom. The molecule has 0 spiro atoms. The molecule has 0 saturated carbocycles. The van der Waals surface area contributed by atoms with E-state index in [1.807, 2.05) is 0 Å². The molecule has 8 aromatic rings. The SMILES string of the molecule is Cc1cc(C)cc(N(c2ccccc2)c2ccc3cc4c(cc3c2)-c2cc3cc(N(c5ccccc5)c5cc(C)cc(C)c5)ccc3cc2-4)c1. The minimum absolute atomic E-state index is 1.15. The van der Waals surface area contributed by atoms with Crippen molar-refractivity contribution in [3.8, 4) is 22.3 Å². The van der Waals surface area contributed by atoms with Crippen LogP contribution >= 0.6 is 0 Å². The van der Waals surface area contributed by atoms with Crippen LogP contribution in [0.15, 0.2) is 158 Å². The molecule has 0 atom stereocenters. The summed E-state index contributed by atoms with van der Waals surface area (Å²) < 4.78 is 0. The Kier molecular flexibility index (Phi) is 7.07. The lowest BCUT2D eigenvalue weighted by molar-refractivity contribution is 1.26. The maximum absolute atomic E-state index is 2.39. The Balaban J connectivity index is 1.14. The highest BCUT2D eigenvalue weighted by Crippen LogP contribution is 2.51. The minimum Gasteiger partial charge on any atom is -0.310 e. The maximum atomic E-state index is 2.39. The van der Waals surface area contributed by atoms with E-state index in [4.69, 9.17) is 0 Å². The van der Waals surface area contributed by atoms with Gasteiger partial charge in [-0.2, -0.15) is 0 Å². The van der Waals surface area contributed by atoms with Crippen LogP contribution in [0.3, 0.4) is 0 Å². The highest BCUT2D eigenvalue weighted by Gasteiger charge is 2.25. The highest BCUT2D eigenvalue weighted by molar-refractivity contribution is 6.12. The molecule has 2 heteroatoms. The van der Waals surface area contributed by atoms with Crippen molar-refractivity contribution < 1.29 is 0 Å². The summed E-state index contributed by atoms with van der Waals surface area (Å²) in [5, 5.41) is 5.01. The van der Waals surface area contributed by atoms with E-state index in [0.29, 0.717) is 0 Å². The molecule has 0 N–H and O–H groups in total. The second-order valence-electron chi connectivity index (χ2n) is 13.9. The molecule has 0 aliphatic heterocycles. The summed E-state index contributed by atoms with van der Waals surface area (Å²) in [4.78, 5) is 4.74. The molecule has 0 radical (unpaired) electrons. The van der Waals surface area contributed by atoms with Crippen molar-refractivity contribution in [1.29, 1.82) is 0 Å². The third kappa shape index (κ3) is 5.21. The smallest absolute Gasteiger partial charge is 0.0468 e. The normalized spacial score (nSPS) is 11.6. The van der Waals surface area contributed by atoms with Gasteiger partial charge in [0, 0.05) is 34.1 Å². The summed E-state index contributed by atoms with van der Waals surface area (Å²) in [7, 11) is 0.